The van der Waals surface area contributed by atoms with Gasteiger partial charge in [0.05, 0.1) is 26.4 Å². The minimum atomic E-state index is -0.0356. The predicted octanol–water partition coefficient (Wildman–Crippen LogP) is 1.10. The molecule has 0 N–H and O–H groups in total. The van der Waals surface area contributed by atoms with Gasteiger partial charge < -0.3 is 19.3 Å². The second kappa shape index (κ2) is 10.2. The Bertz CT molecular complexity index is 693. The molecule has 0 radical (unpaired) electrons. The molecule has 0 aliphatic carbocycles. The molecule has 0 spiro atoms. The second-order valence-electron chi connectivity index (χ2n) is 6.90. The lowest BCUT2D eigenvalue weighted by Gasteiger charge is -2.36. The third kappa shape index (κ3) is 5.56. The quantitative estimate of drug-likeness (QED) is 0.684. The molecule has 2 saturated heterocycles. The van der Waals surface area contributed by atoms with Crippen molar-refractivity contribution in [1.29, 1.82) is 0 Å². The molecule has 2 heterocycles. The molecule has 28 heavy (non-hydrogen) atoms. The fourth-order valence-corrected chi connectivity index (χ4v) is 3.40. The number of para-hydroxylation sites is 1. The number of morpholine rings is 1. The molecule has 152 valence electrons. The molecule has 0 atom stereocenters. The average molecular weight is 387 g/mol. The number of carbonyl (C=O) groups excluding carboxylic acids is 2. The fourth-order valence-electron chi connectivity index (χ4n) is 3.40. The van der Waals surface area contributed by atoms with Crippen LogP contribution in [0.4, 0.5) is 0 Å². The first-order valence-electron chi connectivity index (χ1n) is 9.94. The Morgan fingerprint density at radius 2 is 1.71 bits per heavy atom. The van der Waals surface area contributed by atoms with Gasteiger partial charge in [-0.3, -0.25) is 14.5 Å². The van der Waals surface area contributed by atoms with Crippen molar-refractivity contribution in [3.63, 3.8) is 0 Å². The minimum absolute atomic E-state index is 0.0356. The number of benzene rings is 1. The Kier molecular flexibility index (Phi) is 7.45. The Labute approximate surface area is 166 Å². The van der Waals surface area contributed by atoms with Gasteiger partial charge in [0.2, 0.25) is 11.8 Å². The molecule has 2 aliphatic rings. The first-order chi connectivity index (χ1) is 13.7. The van der Waals surface area contributed by atoms with Crippen LogP contribution < -0.4 is 4.74 Å². The maximum absolute atomic E-state index is 12.5. The summed E-state index contributed by atoms with van der Waals surface area (Å²) in [4.78, 5) is 30.7. The van der Waals surface area contributed by atoms with Crippen molar-refractivity contribution in [2.75, 3.05) is 65.6 Å². The van der Waals surface area contributed by atoms with Crippen LogP contribution in [0, 0.1) is 0 Å². The van der Waals surface area contributed by atoms with Crippen LogP contribution in [-0.4, -0.2) is 92.1 Å². The number of amides is 2. The lowest BCUT2D eigenvalue weighted by atomic mass is 10.2. The number of nitrogens with zero attached hydrogens (tertiary/aromatic N) is 3. The number of hydrogen-bond donors (Lipinski definition) is 0. The highest BCUT2D eigenvalue weighted by Crippen LogP contribution is 2.19. The summed E-state index contributed by atoms with van der Waals surface area (Å²) in [6.45, 7) is 8.22. The average Bonchev–Trinajstić information content (AvgIpc) is 2.74. The fraction of sp³-hybridized carbons (Fsp3) is 0.524. The van der Waals surface area contributed by atoms with Gasteiger partial charge in [0.15, 0.2) is 0 Å². The molecule has 1 aromatic rings. The van der Waals surface area contributed by atoms with Crippen molar-refractivity contribution >= 4 is 17.9 Å². The monoisotopic (exact) mass is 387 g/mol. The van der Waals surface area contributed by atoms with Crippen LogP contribution in [-0.2, 0) is 14.3 Å². The van der Waals surface area contributed by atoms with E-state index in [1.165, 1.54) is 0 Å². The van der Waals surface area contributed by atoms with Gasteiger partial charge in [-0.15, -0.1) is 0 Å². The molecule has 2 amide bonds. The van der Waals surface area contributed by atoms with Crippen molar-refractivity contribution in [3.05, 3.63) is 35.9 Å². The molecule has 2 fully saturated rings. The summed E-state index contributed by atoms with van der Waals surface area (Å²) >= 11 is 0. The highest BCUT2D eigenvalue weighted by molar-refractivity contribution is 5.92. The standard InChI is InChI=1S/C21H29N3O4/c1-2-28-19-6-4-3-5-18(19)7-8-20(25)23-9-11-24(12-10-23)21(26)17-22-13-15-27-16-14-22/h3-8H,2,9-17H2,1H3/b8-7+. The molecular weight excluding hydrogens is 358 g/mol. The molecule has 0 bridgehead atoms. The SMILES string of the molecule is CCOc1ccccc1/C=C/C(=O)N1CCN(C(=O)CN2CCOCC2)CC1. The highest BCUT2D eigenvalue weighted by Gasteiger charge is 2.24. The smallest absolute Gasteiger partial charge is 0.246 e. The molecule has 7 heteroatoms. The number of rotatable bonds is 6. The van der Waals surface area contributed by atoms with Gasteiger partial charge in [0, 0.05) is 50.9 Å². The van der Waals surface area contributed by atoms with Gasteiger partial charge in [-0.1, -0.05) is 18.2 Å². The number of carbonyl (C=O) groups is 2. The van der Waals surface area contributed by atoms with Crippen molar-refractivity contribution in [1.82, 2.24) is 14.7 Å². The van der Waals surface area contributed by atoms with Gasteiger partial charge >= 0.3 is 0 Å². The predicted molar refractivity (Wildman–Crippen MR) is 107 cm³/mol. The summed E-state index contributed by atoms with van der Waals surface area (Å²) in [6.07, 6.45) is 3.38. The lowest BCUT2D eigenvalue weighted by molar-refractivity contribution is -0.138. The molecule has 1 aromatic carbocycles. The normalized spacial score (nSPS) is 18.5. The van der Waals surface area contributed by atoms with Crippen LogP contribution in [0.15, 0.2) is 30.3 Å². The van der Waals surface area contributed by atoms with Crippen molar-refractivity contribution < 1.29 is 19.1 Å². The molecule has 7 nitrogen and oxygen atoms in total. The highest BCUT2D eigenvalue weighted by atomic mass is 16.5. The molecule has 0 aromatic heterocycles. The van der Waals surface area contributed by atoms with E-state index in [2.05, 4.69) is 4.90 Å². The van der Waals surface area contributed by atoms with Crippen LogP contribution in [0.1, 0.15) is 12.5 Å². The summed E-state index contributed by atoms with van der Waals surface area (Å²) < 4.78 is 10.9. The van der Waals surface area contributed by atoms with Crippen LogP contribution in [0.5, 0.6) is 5.75 Å². The van der Waals surface area contributed by atoms with Gasteiger partial charge in [-0.2, -0.15) is 0 Å². The molecule has 0 saturated carbocycles. The van der Waals surface area contributed by atoms with E-state index in [0.717, 1.165) is 24.4 Å². The van der Waals surface area contributed by atoms with E-state index in [4.69, 9.17) is 9.47 Å². The number of hydrogen-bond acceptors (Lipinski definition) is 5. The largest absolute Gasteiger partial charge is 0.493 e. The van der Waals surface area contributed by atoms with Crippen LogP contribution >= 0.6 is 0 Å². The van der Waals surface area contributed by atoms with Crippen molar-refractivity contribution in [2.24, 2.45) is 0 Å². The van der Waals surface area contributed by atoms with Crippen LogP contribution in [0.2, 0.25) is 0 Å². The molecule has 2 aliphatic heterocycles. The Hall–Kier alpha value is -2.38. The van der Waals surface area contributed by atoms with Gasteiger partial charge in [-0.05, 0) is 19.1 Å². The molecule has 0 unspecified atom stereocenters. The van der Waals surface area contributed by atoms with E-state index in [1.54, 1.807) is 17.1 Å². The molecular formula is C21H29N3O4. The number of ether oxygens (including phenoxy) is 2. The zero-order valence-corrected chi connectivity index (χ0v) is 16.5. The van der Waals surface area contributed by atoms with Gasteiger partial charge in [0.1, 0.15) is 5.75 Å². The summed E-state index contributed by atoms with van der Waals surface area (Å²) in [5.74, 6) is 0.870. The Morgan fingerprint density at radius 3 is 2.43 bits per heavy atom. The summed E-state index contributed by atoms with van der Waals surface area (Å²) in [7, 11) is 0. The van der Waals surface area contributed by atoms with Gasteiger partial charge in [-0.25, -0.2) is 0 Å². The Balaban J connectivity index is 1.47. The minimum Gasteiger partial charge on any atom is -0.493 e. The zero-order valence-electron chi connectivity index (χ0n) is 16.5. The summed E-state index contributed by atoms with van der Waals surface area (Å²) in [6, 6.07) is 7.66. The third-order valence-electron chi connectivity index (χ3n) is 5.03. The lowest BCUT2D eigenvalue weighted by Crippen LogP contribution is -2.53. The van der Waals surface area contributed by atoms with Crippen LogP contribution in [0.25, 0.3) is 6.08 Å². The van der Waals surface area contributed by atoms with E-state index in [1.807, 2.05) is 36.1 Å². The van der Waals surface area contributed by atoms with E-state index in [9.17, 15) is 9.59 Å². The maximum atomic E-state index is 12.5. The molecule has 3 rings (SSSR count). The van der Waals surface area contributed by atoms with E-state index in [-0.39, 0.29) is 11.8 Å². The Morgan fingerprint density at radius 1 is 1.04 bits per heavy atom. The van der Waals surface area contributed by atoms with E-state index < -0.39 is 0 Å². The van der Waals surface area contributed by atoms with Crippen molar-refractivity contribution in [3.8, 4) is 5.75 Å². The zero-order chi connectivity index (χ0) is 19.8. The summed E-state index contributed by atoms with van der Waals surface area (Å²) in [5.41, 5.74) is 0.886. The maximum Gasteiger partial charge on any atom is 0.246 e. The van der Waals surface area contributed by atoms with Crippen molar-refractivity contribution in [2.45, 2.75) is 6.92 Å². The number of piperazine rings is 1. The first-order valence-corrected chi connectivity index (χ1v) is 9.94. The third-order valence-corrected chi connectivity index (χ3v) is 5.03. The summed E-state index contributed by atoms with van der Waals surface area (Å²) in [5, 5.41) is 0. The van der Waals surface area contributed by atoms with E-state index in [0.29, 0.717) is 52.5 Å². The van der Waals surface area contributed by atoms with E-state index >= 15 is 0 Å². The topological polar surface area (TPSA) is 62.3 Å². The second-order valence-corrected chi connectivity index (χ2v) is 6.90. The van der Waals surface area contributed by atoms with Gasteiger partial charge in [0.25, 0.3) is 0 Å². The first kappa shape index (κ1) is 20.4. The van der Waals surface area contributed by atoms with Crippen LogP contribution in [0.3, 0.4) is 0 Å².